The smallest absolute Gasteiger partial charge is 0.229 e. The predicted molar refractivity (Wildman–Crippen MR) is 50.5 cm³/mol. The summed E-state index contributed by atoms with van der Waals surface area (Å²) in [6, 6.07) is 0. The van der Waals surface area contributed by atoms with Gasteiger partial charge in [0.05, 0.1) is 0 Å². The molecular formula is C10H15NO3. The monoisotopic (exact) mass is 197 g/mol. The van der Waals surface area contributed by atoms with Crippen LogP contribution in [-0.2, 0) is 14.4 Å². The third kappa shape index (κ3) is 2.94. The van der Waals surface area contributed by atoms with Crippen LogP contribution in [0.25, 0.3) is 0 Å². The number of carbonyl (C=O) groups excluding carboxylic acids is 3. The molecule has 14 heavy (non-hydrogen) atoms. The quantitative estimate of drug-likeness (QED) is 0.361. The summed E-state index contributed by atoms with van der Waals surface area (Å²) in [5.74, 6) is -0.101. The van der Waals surface area contributed by atoms with Crippen molar-refractivity contribution in [1.29, 1.82) is 0 Å². The van der Waals surface area contributed by atoms with Gasteiger partial charge in [-0.1, -0.05) is 6.42 Å². The summed E-state index contributed by atoms with van der Waals surface area (Å²) >= 11 is 0. The fourth-order valence-corrected chi connectivity index (χ4v) is 1.55. The van der Waals surface area contributed by atoms with E-state index < -0.39 is 0 Å². The number of rotatable bonds is 6. The third-order valence-corrected chi connectivity index (χ3v) is 2.36. The van der Waals surface area contributed by atoms with E-state index in [0.717, 1.165) is 25.5 Å². The molecule has 0 unspecified atom stereocenters. The molecule has 1 fully saturated rings. The van der Waals surface area contributed by atoms with E-state index in [-0.39, 0.29) is 11.8 Å². The lowest BCUT2D eigenvalue weighted by Gasteiger charge is -2.12. The van der Waals surface area contributed by atoms with Gasteiger partial charge in [-0.2, -0.15) is 0 Å². The molecule has 78 valence electrons. The molecule has 0 spiro atoms. The Morgan fingerprint density at radius 2 is 1.71 bits per heavy atom. The van der Waals surface area contributed by atoms with Crippen LogP contribution in [0.3, 0.4) is 0 Å². The molecule has 2 amide bonds. The van der Waals surface area contributed by atoms with Crippen molar-refractivity contribution in [3.63, 3.8) is 0 Å². The van der Waals surface area contributed by atoms with Crippen molar-refractivity contribution in [3.8, 4) is 0 Å². The van der Waals surface area contributed by atoms with Gasteiger partial charge in [0, 0.05) is 25.8 Å². The van der Waals surface area contributed by atoms with Gasteiger partial charge in [0.2, 0.25) is 11.8 Å². The van der Waals surface area contributed by atoms with Crippen LogP contribution in [0, 0.1) is 0 Å². The van der Waals surface area contributed by atoms with Crippen molar-refractivity contribution in [3.05, 3.63) is 0 Å². The lowest BCUT2D eigenvalue weighted by Crippen LogP contribution is -2.29. The zero-order valence-electron chi connectivity index (χ0n) is 8.20. The van der Waals surface area contributed by atoms with Crippen molar-refractivity contribution in [2.75, 3.05) is 6.54 Å². The summed E-state index contributed by atoms with van der Waals surface area (Å²) in [6.45, 7) is 0.524. The first-order valence-corrected chi connectivity index (χ1v) is 5.02. The first-order valence-electron chi connectivity index (χ1n) is 5.02. The number of unbranched alkanes of at least 4 members (excludes halogenated alkanes) is 3. The maximum atomic E-state index is 11.2. The highest BCUT2D eigenvalue weighted by Gasteiger charge is 2.27. The van der Waals surface area contributed by atoms with Gasteiger partial charge in [0.15, 0.2) is 0 Å². The van der Waals surface area contributed by atoms with E-state index >= 15 is 0 Å². The fourth-order valence-electron chi connectivity index (χ4n) is 1.55. The number of aldehydes is 1. The van der Waals surface area contributed by atoms with Crippen molar-refractivity contribution < 1.29 is 14.4 Å². The largest absolute Gasteiger partial charge is 0.303 e. The summed E-state index contributed by atoms with van der Waals surface area (Å²) in [4.78, 5) is 33.7. The molecule has 4 nitrogen and oxygen atoms in total. The zero-order chi connectivity index (χ0) is 10.4. The highest BCUT2D eigenvalue weighted by atomic mass is 16.2. The maximum Gasteiger partial charge on any atom is 0.229 e. The second-order valence-electron chi connectivity index (χ2n) is 3.46. The Morgan fingerprint density at radius 3 is 2.29 bits per heavy atom. The van der Waals surface area contributed by atoms with E-state index in [1.54, 1.807) is 0 Å². The highest BCUT2D eigenvalue weighted by Crippen LogP contribution is 2.12. The molecule has 1 aliphatic heterocycles. The summed E-state index contributed by atoms with van der Waals surface area (Å²) in [5.41, 5.74) is 0. The van der Waals surface area contributed by atoms with E-state index in [4.69, 9.17) is 0 Å². The number of imide groups is 1. The Bertz CT molecular complexity index is 222. The Balaban J connectivity index is 2.14. The first-order chi connectivity index (χ1) is 6.75. The van der Waals surface area contributed by atoms with Gasteiger partial charge in [0.25, 0.3) is 0 Å². The molecule has 1 heterocycles. The minimum absolute atomic E-state index is 0.0506. The molecule has 0 aromatic carbocycles. The number of carbonyl (C=O) groups is 3. The molecule has 0 aromatic rings. The molecule has 0 saturated carbocycles. The second-order valence-corrected chi connectivity index (χ2v) is 3.46. The SMILES string of the molecule is O=CCCCCCN1C(=O)CCC1=O. The average Bonchev–Trinajstić information content (AvgIpc) is 2.48. The van der Waals surface area contributed by atoms with Crippen LogP contribution in [0.2, 0.25) is 0 Å². The van der Waals surface area contributed by atoms with Crippen LogP contribution >= 0.6 is 0 Å². The van der Waals surface area contributed by atoms with E-state index in [1.807, 2.05) is 0 Å². The van der Waals surface area contributed by atoms with E-state index in [1.165, 1.54) is 4.90 Å². The first kappa shape index (κ1) is 10.9. The molecule has 0 atom stereocenters. The number of hydrogen-bond acceptors (Lipinski definition) is 3. The van der Waals surface area contributed by atoms with Gasteiger partial charge in [-0.05, 0) is 12.8 Å². The average molecular weight is 197 g/mol. The van der Waals surface area contributed by atoms with Crippen molar-refractivity contribution in [2.45, 2.75) is 38.5 Å². The van der Waals surface area contributed by atoms with Crippen molar-refractivity contribution >= 4 is 18.1 Å². The lowest BCUT2D eigenvalue weighted by atomic mass is 10.2. The van der Waals surface area contributed by atoms with Crippen molar-refractivity contribution in [2.24, 2.45) is 0 Å². The molecule has 1 aliphatic rings. The standard InChI is InChI=1S/C10H15NO3/c12-8-4-2-1-3-7-11-9(13)5-6-10(11)14/h8H,1-7H2. The Morgan fingerprint density at radius 1 is 1.07 bits per heavy atom. The Hall–Kier alpha value is -1.19. The molecule has 0 N–H and O–H groups in total. The molecule has 1 saturated heterocycles. The van der Waals surface area contributed by atoms with Gasteiger partial charge < -0.3 is 4.79 Å². The molecule has 0 aliphatic carbocycles. The van der Waals surface area contributed by atoms with Crippen LogP contribution in [0.5, 0.6) is 0 Å². The minimum atomic E-state index is -0.0506. The summed E-state index contributed by atoms with van der Waals surface area (Å²) in [6.07, 6.45) is 4.76. The normalized spacial score (nSPS) is 16.4. The van der Waals surface area contributed by atoms with Gasteiger partial charge in [-0.3, -0.25) is 14.5 Å². The third-order valence-electron chi connectivity index (χ3n) is 2.36. The number of likely N-dealkylation sites (tertiary alicyclic amines) is 1. The van der Waals surface area contributed by atoms with Crippen molar-refractivity contribution in [1.82, 2.24) is 4.90 Å². The van der Waals surface area contributed by atoms with E-state index in [2.05, 4.69) is 0 Å². The lowest BCUT2D eigenvalue weighted by molar-refractivity contribution is -0.138. The molecule has 0 bridgehead atoms. The van der Waals surface area contributed by atoms with Crippen LogP contribution in [0.1, 0.15) is 38.5 Å². The fraction of sp³-hybridized carbons (Fsp3) is 0.700. The summed E-state index contributed by atoms with van der Waals surface area (Å²) in [5, 5.41) is 0. The van der Waals surface area contributed by atoms with Crippen LogP contribution in [0.4, 0.5) is 0 Å². The molecular weight excluding hydrogens is 182 g/mol. The Labute approximate surface area is 83.3 Å². The molecule has 1 rings (SSSR count). The maximum absolute atomic E-state index is 11.2. The van der Waals surface area contributed by atoms with Gasteiger partial charge in [-0.25, -0.2) is 0 Å². The van der Waals surface area contributed by atoms with Crippen LogP contribution < -0.4 is 0 Å². The van der Waals surface area contributed by atoms with Gasteiger partial charge >= 0.3 is 0 Å². The zero-order valence-corrected chi connectivity index (χ0v) is 8.20. The molecule has 0 aromatic heterocycles. The summed E-state index contributed by atoms with van der Waals surface area (Å²) < 4.78 is 0. The number of nitrogens with zero attached hydrogens (tertiary/aromatic N) is 1. The molecule has 0 radical (unpaired) electrons. The number of hydrogen-bond donors (Lipinski definition) is 0. The summed E-state index contributed by atoms with van der Waals surface area (Å²) in [7, 11) is 0. The second kappa shape index (κ2) is 5.52. The highest BCUT2D eigenvalue weighted by molar-refractivity contribution is 6.01. The predicted octanol–water partition coefficient (Wildman–Crippen LogP) is 0.895. The minimum Gasteiger partial charge on any atom is -0.303 e. The van der Waals surface area contributed by atoms with E-state index in [9.17, 15) is 14.4 Å². The number of amides is 2. The van der Waals surface area contributed by atoms with Gasteiger partial charge in [-0.15, -0.1) is 0 Å². The molecule has 4 heteroatoms. The van der Waals surface area contributed by atoms with E-state index in [0.29, 0.717) is 25.8 Å². The van der Waals surface area contributed by atoms with Crippen LogP contribution in [-0.4, -0.2) is 29.5 Å². The van der Waals surface area contributed by atoms with Gasteiger partial charge in [0.1, 0.15) is 6.29 Å². The Kier molecular flexibility index (Phi) is 4.29. The topological polar surface area (TPSA) is 54.5 Å². The van der Waals surface area contributed by atoms with Crippen LogP contribution in [0.15, 0.2) is 0 Å².